The molecule has 0 bridgehead atoms. The van der Waals surface area contributed by atoms with Crippen molar-refractivity contribution in [3.05, 3.63) is 47.3 Å². The van der Waals surface area contributed by atoms with E-state index < -0.39 is 0 Å². The summed E-state index contributed by atoms with van der Waals surface area (Å²) in [6.07, 6.45) is 0.926. The van der Waals surface area contributed by atoms with E-state index in [1.807, 2.05) is 13.8 Å². The molecule has 2 aromatic rings. The third kappa shape index (κ3) is 2.77. The van der Waals surface area contributed by atoms with Crippen molar-refractivity contribution in [1.82, 2.24) is 4.98 Å². The number of aryl methyl sites for hydroxylation is 1. The molecule has 0 aliphatic heterocycles. The van der Waals surface area contributed by atoms with E-state index in [0.717, 1.165) is 18.5 Å². The minimum absolute atomic E-state index is 0.311. The molecule has 0 unspecified atom stereocenters. The summed E-state index contributed by atoms with van der Waals surface area (Å²) < 4.78 is 13.9. The van der Waals surface area contributed by atoms with Gasteiger partial charge >= 0.3 is 0 Å². The van der Waals surface area contributed by atoms with E-state index in [0.29, 0.717) is 22.6 Å². The summed E-state index contributed by atoms with van der Waals surface area (Å²) in [5, 5.41) is 12.3. The Balaban J connectivity index is 2.54. The summed E-state index contributed by atoms with van der Waals surface area (Å²) in [5.41, 5.74) is 2.29. The van der Waals surface area contributed by atoms with E-state index >= 15 is 0 Å². The normalized spacial score (nSPS) is 10.1. The van der Waals surface area contributed by atoms with Crippen molar-refractivity contribution in [3.63, 3.8) is 0 Å². The third-order valence-electron chi connectivity index (χ3n) is 3.00. The number of halogens is 1. The smallest absolute Gasteiger partial charge is 0.144 e. The van der Waals surface area contributed by atoms with E-state index in [4.69, 9.17) is 5.26 Å². The molecule has 0 amide bonds. The average molecular weight is 269 g/mol. The zero-order valence-electron chi connectivity index (χ0n) is 11.6. The van der Waals surface area contributed by atoms with E-state index in [1.165, 1.54) is 6.07 Å². The molecule has 102 valence electrons. The number of rotatable bonds is 4. The first-order valence-corrected chi connectivity index (χ1v) is 6.58. The van der Waals surface area contributed by atoms with Crippen LogP contribution in [0.5, 0.6) is 0 Å². The van der Waals surface area contributed by atoms with Gasteiger partial charge in [0.2, 0.25) is 0 Å². The molecule has 0 spiro atoms. The highest BCUT2D eigenvalue weighted by Crippen LogP contribution is 2.27. The molecule has 0 saturated heterocycles. The largest absolute Gasteiger partial charge is 0.369 e. The lowest BCUT2D eigenvalue weighted by Crippen LogP contribution is -2.06. The molecule has 0 aliphatic carbocycles. The fraction of sp³-hybridized carbons (Fsp3) is 0.250. The first-order chi connectivity index (χ1) is 9.67. The van der Waals surface area contributed by atoms with E-state index in [9.17, 15) is 4.39 Å². The van der Waals surface area contributed by atoms with Crippen LogP contribution in [0.4, 0.5) is 10.2 Å². The third-order valence-corrected chi connectivity index (χ3v) is 3.00. The van der Waals surface area contributed by atoms with E-state index in [1.54, 1.807) is 24.3 Å². The van der Waals surface area contributed by atoms with Crippen LogP contribution in [0.1, 0.15) is 24.5 Å². The van der Waals surface area contributed by atoms with Crippen molar-refractivity contribution in [2.75, 3.05) is 11.9 Å². The van der Waals surface area contributed by atoms with Crippen molar-refractivity contribution >= 4 is 5.82 Å². The summed E-state index contributed by atoms with van der Waals surface area (Å²) in [7, 11) is 0. The molecule has 20 heavy (non-hydrogen) atoms. The monoisotopic (exact) mass is 269 g/mol. The second-order valence-corrected chi connectivity index (χ2v) is 4.57. The van der Waals surface area contributed by atoms with Gasteiger partial charge in [-0.25, -0.2) is 9.37 Å². The number of nitrogens with zero attached hydrogens (tertiary/aromatic N) is 2. The molecule has 1 aromatic carbocycles. The Morgan fingerprint density at radius 2 is 2.10 bits per heavy atom. The molecule has 0 saturated carbocycles. The van der Waals surface area contributed by atoms with Crippen molar-refractivity contribution < 1.29 is 4.39 Å². The van der Waals surface area contributed by atoms with Crippen LogP contribution in [0.3, 0.4) is 0 Å². The summed E-state index contributed by atoms with van der Waals surface area (Å²) in [6.45, 7) is 4.59. The number of benzene rings is 1. The van der Waals surface area contributed by atoms with Gasteiger partial charge in [0, 0.05) is 12.1 Å². The zero-order chi connectivity index (χ0) is 14.5. The zero-order valence-corrected chi connectivity index (χ0v) is 11.6. The number of hydrogen-bond acceptors (Lipinski definition) is 3. The lowest BCUT2D eigenvalue weighted by molar-refractivity contribution is 0.630. The Morgan fingerprint density at radius 3 is 2.75 bits per heavy atom. The Labute approximate surface area is 118 Å². The van der Waals surface area contributed by atoms with Gasteiger partial charge in [0.15, 0.2) is 0 Å². The van der Waals surface area contributed by atoms with Gasteiger partial charge in [0.25, 0.3) is 0 Å². The van der Waals surface area contributed by atoms with Crippen molar-refractivity contribution in [1.29, 1.82) is 5.26 Å². The molecule has 0 fully saturated rings. The lowest BCUT2D eigenvalue weighted by Gasteiger charge is -2.12. The van der Waals surface area contributed by atoms with Crippen molar-refractivity contribution in [2.45, 2.75) is 20.3 Å². The highest BCUT2D eigenvalue weighted by Gasteiger charge is 2.13. The van der Waals surface area contributed by atoms with Crippen LogP contribution in [0.2, 0.25) is 0 Å². The molecular weight excluding hydrogens is 253 g/mol. The number of anilines is 1. The minimum atomic E-state index is -0.311. The SMILES string of the molecule is CCCNc1nc(-c2ccccc2F)c(C)cc1C#N. The van der Waals surface area contributed by atoms with E-state index in [-0.39, 0.29) is 5.82 Å². The van der Waals surface area contributed by atoms with Crippen LogP contribution in [-0.2, 0) is 0 Å². The number of nitrogens with one attached hydrogen (secondary N) is 1. The van der Waals surface area contributed by atoms with Gasteiger partial charge in [-0.15, -0.1) is 0 Å². The molecule has 3 nitrogen and oxygen atoms in total. The van der Waals surface area contributed by atoms with Crippen LogP contribution in [0.25, 0.3) is 11.3 Å². The van der Waals surface area contributed by atoms with Gasteiger partial charge in [-0.05, 0) is 37.1 Å². The summed E-state index contributed by atoms with van der Waals surface area (Å²) in [6, 6.07) is 10.4. The average Bonchev–Trinajstić information content (AvgIpc) is 2.46. The van der Waals surface area contributed by atoms with E-state index in [2.05, 4.69) is 16.4 Å². The van der Waals surface area contributed by atoms with Crippen LogP contribution in [0, 0.1) is 24.1 Å². The van der Waals surface area contributed by atoms with Crippen LogP contribution in [-0.4, -0.2) is 11.5 Å². The van der Waals surface area contributed by atoms with Gasteiger partial charge in [-0.3, -0.25) is 0 Å². The van der Waals surface area contributed by atoms with Crippen molar-refractivity contribution in [3.8, 4) is 17.3 Å². The molecule has 0 aliphatic rings. The Morgan fingerprint density at radius 1 is 1.35 bits per heavy atom. The van der Waals surface area contributed by atoms with Crippen LogP contribution in [0.15, 0.2) is 30.3 Å². The maximum atomic E-state index is 13.9. The second kappa shape index (κ2) is 6.16. The molecule has 1 N–H and O–H groups in total. The summed E-state index contributed by atoms with van der Waals surface area (Å²) in [5.74, 6) is 0.201. The summed E-state index contributed by atoms with van der Waals surface area (Å²) in [4.78, 5) is 4.44. The first kappa shape index (κ1) is 14.0. The molecule has 1 heterocycles. The first-order valence-electron chi connectivity index (χ1n) is 6.58. The van der Waals surface area contributed by atoms with Crippen molar-refractivity contribution in [2.24, 2.45) is 0 Å². The topological polar surface area (TPSA) is 48.7 Å². The molecule has 0 radical (unpaired) electrons. The highest BCUT2D eigenvalue weighted by atomic mass is 19.1. The number of hydrogen-bond donors (Lipinski definition) is 1. The predicted molar refractivity (Wildman–Crippen MR) is 77.9 cm³/mol. The fourth-order valence-corrected chi connectivity index (χ4v) is 2.00. The maximum absolute atomic E-state index is 13.9. The van der Waals surface area contributed by atoms with Gasteiger partial charge in [-0.2, -0.15) is 5.26 Å². The Hall–Kier alpha value is -2.41. The number of nitriles is 1. The molecule has 0 atom stereocenters. The Bertz CT molecular complexity index is 659. The highest BCUT2D eigenvalue weighted by molar-refractivity contribution is 5.68. The predicted octanol–water partition coefficient (Wildman–Crippen LogP) is 3.89. The number of aromatic nitrogens is 1. The van der Waals surface area contributed by atoms with Gasteiger partial charge in [-0.1, -0.05) is 19.1 Å². The Kier molecular flexibility index (Phi) is 4.31. The number of pyridine rings is 1. The summed E-state index contributed by atoms with van der Waals surface area (Å²) >= 11 is 0. The van der Waals surface area contributed by atoms with Gasteiger partial charge < -0.3 is 5.32 Å². The second-order valence-electron chi connectivity index (χ2n) is 4.57. The minimum Gasteiger partial charge on any atom is -0.369 e. The van der Waals surface area contributed by atoms with Gasteiger partial charge in [0.1, 0.15) is 17.7 Å². The molecule has 4 heteroatoms. The molecule has 2 rings (SSSR count). The maximum Gasteiger partial charge on any atom is 0.144 e. The molecular formula is C16H16FN3. The fourth-order valence-electron chi connectivity index (χ4n) is 2.00. The van der Waals surface area contributed by atoms with Crippen LogP contribution >= 0.6 is 0 Å². The van der Waals surface area contributed by atoms with Gasteiger partial charge in [0.05, 0.1) is 11.3 Å². The molecule has 1 aromatic heterocycles. The quantitative estimate of drug-likeness (QED) is 0.916. The lowest BCUT2D eigenvalue weighted by atomic mass is 10.0. The standard InChI is InChI=1S/C16H16FN3/c1-3-8-19-16-12(10-18)9-11(2)15(20-16)13-6-4-5-7-14(13)17/h4-7,9H,3,8H2,1-2H3,(H,19,20). The van der Waals surface area contributed by atoms with Crippen LogP contribution < -0.4 is 5.32 Å².